The molecule has 1 aliphatic heterocycles. The summed E-state index contributed by atoms with van der Waals surface area (Å²) in [5, 5.41) is 0. The number of aliphatic imine (C=N–C) groups is 1. The van der Waals surface area contributed by atoms with Gasteiger partial charge in [-0.2, -0.15) is 0 Å². The first-order valence-corrected chi connectivity index (χ1v) is 4.69. The van der Waals surface area contributed by atoms with Crippen LogP contribution in [0.2, 0.25) is 0 Å². The van der Waals surface area contributed by atoms with E-state index in [2.05, 4.69) is 4.99 Å². The molecule has 1 aromatic carbocycles. The van der Waals surface area contributed by atoms with E-state index in [0.717, 1.165) is 11.3 Å². The van der Waals surface area contributed by atoms with Crippen molar-refractivity contribution in [3.63, 3.8) is 0 Å². The van der Waals surface area contributed by atoms with Crippen LogP contribution in [0.15, 0.2) is 35.3 Å². The Hall–Kier alpha value is -1.23. The molecule has 0 aliphatic carbocycles. The van der Waals surface area contributed by atoms with Gasteiger partial charge < -0.3 is 9.47 Å². The minimum Gasteiger partial charge on any atom is -0.350 e. The predicted molar refractivity (Wildman–Crippen MR) is 55.7 cm³/mol. The van der Waals surface area contributed by atoms with E-state index >= 15 is 0 Å². The predicted octanol–water partition coefficient (Wildman–Crippen LogP) is 1.41. The van der Waals surface area contributed by atoms with Crippen molar-refractivity contribution in [1.82, 2.24) is 0 Å². The van der Waals surface area contributed by atoms with Crippen molar-refractivity contribution in [2.75, 3.05) is 14.2 Å². The van der Waals surface area contributed by atoms with E-state index in [1.54, 1.807) is 14.2 Å². The molecular formula is C11H13NO3. The van der Waals surface area contributed by atoms with Crippen LogP contribution in [0.4, 0.5) is 0 Å². The van der Waals surface area contributed by atoms with Crippen molar-refractivity contribution in [2.24, 2.45) is 4.99 Å². The molecule has 2 atom stereocenters. The van der Waals surface area contributed by atoms with Crippen LogP contribution in [0.25, 0.3) is 0 Å². The molecule has 80 valence electrons. The number of rotatable bonds is 3. The zero-order valence-electron chi connectivity index (χ0n) is 8.71. The van der Waals surface area contributed by atoms with E-state index in [1.807, 2.05) is 30.3 Å². The van der Waals surface area contributed by atoms with Gasteiger partial charge in [0.05, 0.1) is 0 Å². The third-order valence-electron chi connectivity index (χ3n) is 2.19. The molecule has 4 nitrogen and oxygen atoms in total. The Labute approximate surface area is 88.5 Å². The molecule has 0 amide bonds. The fourth-order valence-electron chi connectivity index (χ4n) is 1.47. The average molecular weight is 207 g/mol. The third-order valence-corrected chi connectivity index (χ3v) is 2.19. The first-order chi connectivity index (χ1) is 7.35. The van der Waals surface area contributed by atoms with Crippen LogP contribution in [-0.4, -0.2) is 32.6 Å². The smallest absolute Gasteiger partial charge is 0.260 e. The summed E-state index contributed by atoms with van der Waals surface area (Å²) in [6.07, 6.45) is -1.01. The molecule has 0 N–H and O–H groups in total. The molecule has 15 heavy (non-hydrogen) atoms. The lowest BCUT2D eigenvalue weighted by molar-refractivity contribution is -0.181. The molecule has 0 saturated heterocycles. The highest BCUT2D eigenvalue weighted by Gasteiger charge is 2.29. The minimum atomic E-state index is -0.565. The maximum Gasteiger partial charge on any atom is 0.260 e. The van der Waals surface area contributed by atoms with Crippen LogP contribution in [0, 0.1) is 0 Å². The number of benzene rings is 1. The number of ether oxygens (including phenoxy) is 3. The van der Waals surface area contributed by atoms with Crippen LogP contribution < -0.4 is 0 Å². The number of hydrogen-bond acceptors (Lipinski definition) is 4. The van der Waals surface area contributed by atoms with Gasteiger partial charge in [0.25, 0.3) is 6.41 Å². The van der Waals surface area contributed by atoms with E-state index in [-0.39, 0.29) is 0 Å². The molecule has 0 radical (unpaired) electrons. The summed E-state index contributed by atoms with van der Waals surface area (Å²) in [5.41, 5.74) is 1.76. The van der Waals surface area contributed by atoms with Gasteiger partial charge in [0.2, 0.25) is 6.29 Å². The second kappa shape index (κ2) is 4.53. The zero-order valence-corrected chi connectivity index (χ0v) is 8.71. The summed E-state index contributed by atoms with van der Waals surface area (Å²) in [6, 6.07) is 9.78. The van der Waals surface area contributed by atoms with E-state index < -0.39 is 12.7 Å². The monoisotopic (exact) mass is 207 g/mol. The molecule has 1 aromatic rings. The van der Waals surface area contributed by atoms with Crippen LogP contribution in [-0.2, 0) is 14.2 Å². The highest BCUT2D eigenvalue weighted by Crippen LogP contribution is 2.18. The Morgan fingerprint density at radius 3 is 2.47 bits per heavy atom. The fraction of sp³-hybridized carbons (Fsp3) is 0.364. The Balaban J connectivity index is 2.27. The van der Waals surface area contributed by atoms with Crippen LogP contribution in [0.3, 0.4) is 0 Å². The third kappa shape index (κ3) is 2.07. The van der Waals surface area contributed by atoms with Crippen molar-refractivity contribution in [3.8, 4) is 0 Å². The first kappa shape index (κ1) is 10.3. The normalized spacial score (nSPS) is 25.3. The van der Waals surface area contributed by atoms with Gasteiger partial charge >= 0.3 is 0 Å². The van der Waals surface area contributed by atoms with E-state index in [0.29, 0.717) is 0 Å². The van der Waals surface area contributed by atoms with Crippen LogP contribution in [0.1, 0.15) is 5.56 Å². The molecule has 0 fully saturated rings. The zero-order chi connectivity index (χ0) is 10.7. The average Bonchev–Trinajstić information content (AvgIpc) is 2.73. The fourth-order valence-corrected chi connectivity index (χ4v) is 1.47. The minimum absolute atomic E-state index is 0.447. The molecule has 0 aromatic heterocycles. The standard InChI is InChI=1S/C11H13NO3/c1-13-10-9(12-11(14-2)15-10)8-6-4-3-5-7-8/h3-7,10-11H,1-2H3/t10-,11-/m0/s1. The van der Waals surface area contributed by atoms with Gasteiger partial charge in [-0.3, -0.25) is 4.74 Å². The second-order valence-electron chi connectivity index (χ2n) is 3.13. The molecule has 2 rings (SSSR count). The van der Waals surface area contributed by atoms with E-state index in [4.69, 9.17) is 14.2 Å². The molecule has 0 bridgehead atoms. The van der Waals surface area contributed by atoms with Crippen molar-refractivity contribution in [1.29, 1.82) is 0 Å². The van der Waals surface area contributed by atoms with Crippen molar-refractivity contribution >= 4 is 5.71 Å². The maximum absolute atomic E-state index is 5.38. The van der Waals surface area contributed by atoms with Gasteiger partial charge in [-0.15, -0.1) is 0 Å². The Bertz CT molecular complexity index is 350. The highest BCUT2D eigenvalue weighted by molar-refractivity contribution is 6.03. The highest BCUT2D eigenvalue weighted by atomic mass is 16.8. The lowest BCUT2D eigenvalue weighted by atomic mass is 10.1. The Morgan fingerprint density at radius 2 is 1.87 bits per heavy atom. The summed E-state index contributed by atoms with van der Waals surface area (Å²) in [4.78, 5) is 4.28. The molecule has 0 unspecified atom stereocenters. The topological polar surface area (TPSA) is 40.0 Å². The molecule has 1 heterocycles. The molecular weight excluding hydrogens is 194 g/mol. The molecule has 4 heteroatoms. The number of hydrogen-bond donors (Lipinski definition) is 0. The summed E-state index contributed by atoms with van der Waals surface area (Å²) >= 11 is 0. The number of methoxy groups -OCH3 is 2. The van der Waals surface area contributed by atoms with Crippen molar-refractivity contribution in [3.05, 3.63) is 35.9 Å². The van der Waals surface area contributed by atoms with E-state index in [1.165, 1.54) is 0 Å². The molecule has 1 aliphatic rings. The van der Waals surface area contributed by atoms with Crippen molar-refractivity contribution < 1.29 is 14.2 Å². The molecule has 0 spiro atoms. The summed E-state index contributed by atoms with van der Waals surface area (Å²) in [5.74, 6) is 0. The van der Waals surface area contributed by atoms with Crippen LogP contribution in [0.5, 0.6) is 0 Å². The SMILES string of the molecule is CO[C@@H]1N=C(c2ccccc2)[C@@H](OC)O1. The van der Waals surface area contributed by atoms with Gasteiger partial charge in [-0.05, 0) is 0 Å². The van der Waals surface area contributed by atoms with Gasteiger partial charge in [-0.1, -0.05) is 30.3 Å². The largest absolute Gasteiger partial charge is 0.350 e. The van der Waals surface area contributed by atoms with Crippen LogP contribution >= 0.6 is 0 Å². The maximum atomic E-state index is 5.38. The lowest BCUT2D eigenvalue weighted by Crippen LogP contribution is -2.23. The summed E-state index contributed by atoms with van der Waals surface area (Å²) < 4.78 is 15.6. The van der Waals surface area contributed by atoms with Gasteiger partial charge in [0.1, 0.15) is 5.71 Å². The summed E-state index contributed by atoms with van der Waals surface area (Å²) in [7, 11) is 3.13. The quantitative estimate of drug-likeness (QED) is 0.752. The van der Waals surface area contributed by atoms with Gasteiger partial charge in [0, 0.05) is 19.8 Å². The van der Waals surface area contributed by atoms with Crippen molar-refractivity contribution in [2.45, 2.75) is 12.7 Å². The number of nitrogens with zero attached hydrogens (tertiary/aromatic N) is 1. The van der Waals surface area contributed by atoms with Gasteiger partial charge in [0.15, 0.2) is 0 Å². The molecule has 0 saturated carbocycles. The van der Waals surface area contributed by atoms with Gasteiger partial charge in [-0.25, -0.2) is 4.99 Å². The Morgan fingerprint density at radius 1 is 1.13 bits per heavy atom. The lowest BCUT2D eigenvalue weighted by Gasteiger charge is -2.11. The Kier molecular flexibility index (Phi) is 3.11. The first-order valence-electron chi connectivity index (χ1n) is 4.69. The van der Waals surface area contributed by atoms with E-state index in [9.17, 15) is 0 Å². The second-order valence-corrected chi connectivity index (χ2v) is 3.13. The summed E-state index contributed by atoms with van der Waals surface area (Å²) in [6.45, 7) is 0.